The first-order valence-electron chi connectivity index (χ1n) is 8.87. The van der Waals surface area contributed by atoms with Crippen molar-refractivity contribution in [3.05, 3.63) is 71.3 Å². The molecule has 1 aromatic heterocycles. The molecule has 8 heteroatoms. The molecule has 1 N–H and O–H groups in total. The lowest BCUT2D eigenvalue weighted by Crippen LogP contribution is -2.20. The van der Waals surface area contributed by atoms with Crippen LogP contribution < -0.4 is 5.43 Å². The van der Waals surface area contributed by atoms with Crippen LogP contribution in [0.4, 0.5) is 0 Å². The number of nitrogens with zero attached hydrogens (tertiary/aromatic N) is 4. The molecule has 0 fully saturated rings. The molecule has 0 spiro atoms. The number of allylic oxidation sites excluding steroid dienone is 1. The van der Waals surface area contributed by atoms with E-state index in [-0.39, 0.29) is 11.7 Å². The lowest BCUT2D eigenvalue weighted by Gasteiger charge is -2.04. The van der Waals surface area contributed by atoms with Gasteiger partial charge in [-0.15, -0.1) is 10.2 Å². The lowest BCUT2D eigenvalue weighted by molar-refractivity contribution is -0.118. The first-order valence-corrected chi connectivity index (χ1v) is 10.2. The van der Waals surface area contributed by atoms with Gasteiger partial charge in [-0.3, -0.25) is 4.79 Å². The molecule has 0 unspecified atom stereocenters. The van der Waals surface area contributed by atoms with E-state index in [1.165, 1.54) is 11.8 Å². The maximum Gasteiger partial charge on any atom is 0.250 e. The zero-order valence-corrected chi connectivity index (χ0v) is 17.6. The van der Waals surface area contributed by atoms with Crippen molar-refractivity contribution in [2.45, 2.75) is 12.1 Å². The summed E-state index contributed by atoms with van der Waals surface area (Å²) in [5, 5.41) is 13.7. The smallest absolute Gasteiger partial charge is 0.250 e. The van der Waals surface area contributed by atoms with Crippen LogP contribution in [0.2, 0.25) is 5.02 Å². The van der Waals surface area contributed by atoms with Crippen LogP contribution in [0.25, 0.3) is 17.5 Å². The van der Waals surface area contributed by atoms with Crippen molar-refractivity contribution in [3.8, 4) is 11.4 Å². The topological polar surface area (TPSA) is 72.2 Å². The number of carbonyl (C=O) groups is 1. The highest BCUT2D eigenvalue weighted by Crippen LogP contribution is 2.24. The van der Waals surface area contributed by atoms with Crippen LogP contribution in [-0.2, 0) is 11.8 Å². The first kappa shape index (κ1) is 20.8. The van der Waals surface area contributed by atoms with Gasteiger partial charge in [-0.25, -0.2) is 5.43 Å². The summed E-state index contributed by atoms with van der Waals surface area (Å²) >= 11 is 7.34. The third-order valence-corrected chi connectivity index (χ3v) is 5.18. The standard InChI is InChI=1S/C21H20ClN5OS/c1-15(11-12-16-7-4-3-5-8-16)23-24-19(28)14-29-21-26-25-20(27(21)2)17-9-6-10-18(22)13-17/h3-13H,14H2,1-2H3,(H,24,28). The fourth-order valence-corrected chi connectivity index (χ4v) is 3.34. The maximum absolute atomic E-state index is 12.1. The normalized spacial score (nSPS) is 11.8. The quantitative estimate of drug-likeness (QED) is 0.345. The van der Waals surface area contributed by atoms with Crippen molar-refractivity contribution in [3.63, 3.8) is 0 Å². The van der Waals surface area contributed by atoms with Gasteiger partial charge in [0.2, 0.25) is 0 Å². The number of hydrogen-bond acceptors (Lipinski definition) is 5. The number of aromatic nitrogens is 3. The van der Waals surface area contributed by atoms with Crippen LogP contribution >= 0.6 is 23.4 Å². The van der Waals surface area contributed by atoms with Gasteiger partial charge >= 0.3 is 0 Å². The predicted molar refractivity (Wildman–Crippen MR) is 119 cm³/mol. The Labute approximate surface area is 178 Å². The number of hydrazone groups is 1. The second-order valence-electron chi connectivity index (χ2n) is 6.20. The molecule has 1 heterocycles. The molecule has 0 aliphatic carbocycles. The van der Waals surface area contributed by atoms with Crippen LogP contribution in [-0.4, -0.2) is 32.1 Å². The van der Waals surface area contributed by atoms with Gasteiger partial charge in [-0.2, -0.15) is 5.10 Å². The molecule has 3 aromatic rings. The van der Waals surface area contributed by atoms with Crippen LogP contribution in [0.3, 0.4) is 0 Å². The average molecular weight is 426 g/mol. The molecular formula is C21H20ClN5OS. The Kier molecular flexibility index (Phi) is 7.21. The van der Waals surface area contributed by atoms with Crippen molar-refractivity contribution in [1.82, 2.24) is 20.2 Å². The van der Waals surface area contributed by atoms with Crippen LogP contribution in [0, 0.1) is 0 Å². The van der Waals surface area contributed by atoms with Crippen molar-refractivity contribution in [1.29, 1.82) is 0 Å². The Morgan fingerprint density at radius 3 is 2.76 bits per heavy atom. The van der Waals surface area contributed by atoms with E-state index in [4.69, 9.17) is 11.6 Å². The zero-order chi connectivity index (χ0) is 20.6. The van der Waals surface area contributed by atoms with E-state index >= 15 is 0 Å². The maximum atomic E-state index is 12.1. The fraction of sp³-hybridized carbons (Fsp3) is 0.143. The molecule has 0 saturated carbocycles. The molecule has 3 rings (SSSR count). The largest absolute Gasteiger partial charge is 0.305 e. The van der Waals surface area contributed by atoms with E-state index < -0.39 is 0 Å². The highest BCUT2D eigenvalue weighted by molar-refractivity contribution is 7.99. The number of thioether (sulfide) groups is 1. The fourth-order valence-electron chi connectivity index (χ4n) is 2.45. The van der Waals surface area contributed by atoms with E-state index in [9.17, 15) is 4.79 Å². The SMILES string of the molecule is CC(C=Cc1ccccc1)=NNC(=O)CSc1nnc(-c2cccc(Cl)c2)n1C. The third kappa shape index (κ3) is 6.04. The summed E-state index contributed by atoms with van der Waals surface area (Å²) < 4.78 is 1.83. The number of benzene rings is 2. The third-order valence-electron chi connectivity index (χ3n) is 3.92. The van der Waals surface area contributed by atoms with Crippen LogP contribution in [0.1, 0.15) is 12.5 Å². The van der Waals surface area contributed by atoms with Gasteiger partial charge in [0.25, 0.3) is 5.91 Å². The Morgan fingerprint density at radius 2 is 2.00 bits per heavy atom. The van der Waals surface area contributed by atoms with Crippen LogP contribution in [0.15, 0.2) is 70.9 Å². The number of rotatable bonds is 7. The van der Waals surface area contributed by atoms with Gasteiger partial charge in [-0.05, 0) is 30.7 Å². The number of halogens is 1. The highest BCUT2D eigenvalue weighted by Gasteiger charge is 2.13. The first-order chi connectivity index (χ1) is 14.0. The van der Waals surface area contributed by atoms with Gasteiger partial charge in [0.15, 0.2) is 11.0 Å². The molecule has 0 aliphatic rings. The Morgan fingerprint density at radius 1 is 1.21 bits per heavy atom. The molecule has 0 bridgehead atoms. The number of amides is 1. The monoisotopic (exact) mass is 425 g/mol. The molecule has 0 radical (unpaired) electrons. The summed E-state index contributed by atoms with van der Waals surface area (Å²) in [4.78, 5) is 12.1. The Bertz CT molecular complexity index is 1050. The second-order valence-corrected chi connectivity index (χ2v) is 7.58. The summed E-state index contributed by atoms with van der Waals surface area (Å²) in [5.74, 6) is 0.658. The number of hydrogen-bond donors (Lipinski definition) is 1. The summed E-state index contributed by atoms with van der Waals surface area (Å²) in [6.45, 7) is 1.83. The number of nitrogens with one attached hydrogen (secondary N) is 1. The molecule has 6 nitrogen and oxygen atoms in total. The summed E-state index contributed by atoms with van der Waals surface area (Å²) in [6.07, 6.45) is 3.79. The van der Waals surface area contributed by atoms with E-state index in [2.05, 4.69) is 20.7 Å². The lowest BCUT2D eigenvalue weighted by atomic mass is 10.2. The van der Waals surface area contributed by atoms with Crippen molar-refractivity contribution < 1.29 is 4.79 Å². The molecule has 148 valence electrons. The molecule has 0 aliphatic heterocycles. The van der Waals surface area contributed by atoms with E-state index in [1.807, 2.05) is 79.2 Å². The van der Waals surface area contributed by atoms with Gasteiger partial charge in [0.1, 0.15) is 0 Å². The minimum atomic E-state index is -0.213. The predicted octanol–water partition coefficient (Wildman–Crippen LogP) is 4.43. The van der Waals surface area contributed by atoms with E-state index in [1.54, 1.807) is 6.07 Å². The van der Waals surface area contributed by atoms with Gasteiger partial charge in [-0.1, -0.05) is 71.9 Å². The minimum Gasteiger partial charge on any atom is -0.305 e. The second kappa shape index (κ2) is 10.0. The molecule has 29 heavy (non-hydrogen) atoms. The van der Waals surface area contributed by atoms with E-state index in [0.29, 0.717) is 21.7 Å². The van der Waals surface area contributed by atoms with Crippen LogP contribution in [0.5, 0.6) is 0 Å². The Hall–Kier alpha value is -2.90. The molecular weight excluding hydrogens is 406 g/mol. The molecule has 1 amide bonds. The van der Waals surface area contributed by atoms with Crippen molar-refractivity contribution in [2.24, 2.45) is 12.1 Å². The number of carbonyl (C=O) groups excluding carboxylic acids is 1. The zero-order valence-electron chi connectivity index (χ0n) is 16.0. The average Bonchev–Trinajstić information content (AvgIpc) is 3.10. The van der Waals surface area contributed by atoms with Crippen molar-refractivity contribution >= 4 is 41.1 Å². The molecule has 0 atom stereocenters. The van der Waals surface area contributed by atoms with Crippen molar-refractivity contribution in [2.75, 3.05) is 5.75 Å². The van der Waals surface area contributed by atoms with Gasteiger partial charge in [0, 0.05) is 17.6 Å². The summed E-state index contributed by atoms with van der Waals surface area (Å²) in [6, 6.07) is 17.3. The summed E-state index contributed by atoms with van der Waals surface area (Å²) in [7, 11) is 1.85. The summed E-state index contributed by atoms with van der Waals surface area (Å²) in [5.41, 5.74) is 5.20. The highest BCUT2D eigenvalue weighted by atomic mass is 35.5. The van der Waals surface area contributed by atoms with E-state index in [0.717, 1.165) is 11.1 Å². The van der Waals surface area contributed by atoms with Gasteiger partial charge in [0.05, 0.1) is 11.5 Å². The molecule has 2 aromatic carbocycles. The Balaban J connectivity index is 1.54. The van der Waals surface area contributed by atoms with Gasteiger partial charge < -0.3 is 4.57 Å². The molecule has 0 saturated heterocycles. The minimum absolute atomic E-state index is 0.181.